The zero-order valence-corrected chi connectivity index (χ0v) is 15.4. The minimum atomic E-state index is -1.11. The number of aromatic carboxylic acids is 1. The summed E-state index contributed by atoms with van der Waals surface area (Å²) < 4.78 is 0. The number of allylic oxidation sites excluding steroid dienone is 2. The molecule has 3 aromatic rings. The van der Waals surface area contributed by atoms with Gasteiger partial charge in [-0.1, -0.05) is 23.7 Å². The Morgan fingerprint density at radius 2 is 1.79 bits per heavy atom. The summed E-state index contributed by atoms with van der Waals surface area (Å²) in [5, 5.41) is 40.2. The van der Waals surface area contributed by atoms with Crippen LogP contribution in [0, 0.1) is 34.0 Å². The number of aromatic nitrogens is 1. The number of nitriles is 3. The number of hydrogen-bond donors (Lipinski definition) is 2. The van der Waals surface area contributed by atoms with Crippen LogP contribution >= 0.6 is 11.6 Å². The number of hydrogen-bond acceptors (Lipinski definition) is 6. The van der Waals surface area contributed by atoms with E-state index < -0.39 is 5.97 Å². The second-order valence-corrected chi connectivity index (χ2v) is 6.25. The summed E-state index contributed by atoms with van der Waals surface area (Å²) in [6.45, 7) is 0. The zero-order chi connectivity index (χ0) is 21.0. The maximum absolute atomic E-state index is 11.7. The van der Waals surface area contributed by atoms with E-state index in [-0.39, 0.29) is 16.8 Å². The predicted octanol–water partition coefficient (Wildman–Crippen LogP) is 4.49. The Balaban J connectivity index is 2.11. The fourth-order valence-electron chi connectivity index (χ4n) is 2.71. The molecular weight excluding hydrogens is 390 g/mol. The number of anilines is 1. The van der Waals surface area contributed by atoms with Gasteiger partial charge in [-0.15, -0.1) is 0 Å². The molecule has 0 saturated heterocycles. The summed E-state index contributed by atoms with van der Waals surface area (Å²) in [5.41, 5.74) is 1.44. The Hall–Kier alpha value is -4.38. The van der Waals surface area contributed by atoms with Gasteiger partial charge < -0.3 is 10.4 Å². The second kappa shape index (κ2) is 8.10. The Morgan fingerprint density at radius 3 is 2.45 bits per heavy atom. The van der Waals surface area contributed by atoms with Crippen molar-refractivity contribution < 1.29 is 9.90 Å². The van der Waals surface area contributed by atoms with Gasteiger partial charge in [-0.3, -0.25) is 0 Å². The third kappa shape index (κ3) is 3.99. The summed E-state index contributed by atoms with van der Waals surface area (Å²) in [6, 6.07) is 18.0. The van der Waals surface area contributed by atoms with E-state index in [1.807, 2.05) is 0 Å². The van der Waals surface area contributed by atoms with E-state index in [1.165, 1.54) is 6.07 Å². The molecular formula is C21H10ClN5O2. The fraction of sp³-hybridized carbons (Fsp3) is 0. The van der Waals surface area contributed by atoms with Gasteiger partial charge >= 0.3 is 5.97 Å². The number of carboxylic acids is 1. The van der Waals surface area contributed by atoms with Crippen LogP contribution in [-0.4, -0.2) is 16.1 Å². The molecule has 0 aliphatic rings. The van der Waals surface area contributed by atoms with Gasteiger partial charge in [-0.2, -0.15) is 15.8 Å². The Labute approximate surface area is 170 Å². The van der Waals surface area contributed by atoms with Gasteiger partial charge in [0.1, 0.15) is 23.9 Å². The maximum Gasteiger partial charge on any atom is 0.336 e. The zero-order valence-electron chi connectivity index (χ0n) is 14.6. The van der Waals surface area contributed by atoms with Crippen molar-refractivity contribution in [2.24, 2.45) is 0 Å². The van der Waals surface area contributed by atoms with Crippen molar-refractivity contribution >= 4 is 34.2 Å². The summed E-state index contributed by atoms with van der Waals surface area (Å²) in [4.78, 5) is 16.2. The molecule has 0 spiro atoms. The number of benzene rings is 2. The van der Waals surface area contributed by atoms with Crippen LogP contribution in [0.5, 0.6) is 0 Å². The van der Waals surface area contributed by atoms with Crippen LogP contribution in [0.2, 0.25) is 5.02 Å². The number of carboxylic acid groups (broad SMARTS) is 1. The molecule has 2 aromatic carbocycles. The molecule has 0 aliphatic carbocycles. The summed E-state index contributed by atoms with van der Waals surface area (Å²) in [5.74, 6) is -1.11. The highest BCUT2D eigenvalue weighted by Crippen LogP contribution is 2.28. The molecule has 0 aliphatic heterocycles. The molecule has 0 fully saturated rings. The lowest BCUT2D eigenvalue weighted by molar-refractivity contribution is 0.0699. The van der Waals surface area contributed by atoms with Crippen LogP contribution in [0.15, 0.2) is 59.8 Å². The first-order valence-corrected chi connectivity index (χ1v) is 8.50. The average molecular weight is 400 g/mol. The van der Waals surface area contributed by atoms with E-state index in [0.717, 1.165) is 0 Å². The highest BCUT2D eigenvalue weighted by Gasteiger charge is 2.14. The Kier molecular flexibility index (Phi) is 5.42. The van der Waals surface area contributed by atoms with Crippen molar-refractivity contribution in [2.75, 3.05) is 5.32 Å². The van der Waals surface area contributed by atoms with Crippen molar-refractivity contribution in [3.8, 4) is 29.5 Å². The molecule has 8 heteroatoms. The molecule has 0 unspecified atom stereocenters. The van der Waals surface area contributed by atoms with Crippen LogP contribution in [-0.2, 0) is 0 Å². The number of fused-ring (bicyclic) bond motifs is 1. The van der Waals surface area contributed by atoms with E-state index in [9.17, 15) is 15.2 Å². The highest BCUT2D eigenvalue weighted by atomic mass is 35.5. The molecule has 7 nitrogen and oxygen atoms in total. The van der Waals surface area contributed by atoms with Crippen LogP contribution in [0.3, 0.4) is 0 Å². The predicted molar refractivity (Wildman–Crippen MR) is 107 cm³/mol. The minimum absolute atomic E-state index is 0.0553. The van der Waals surface area contributed by atoms with E-state index in [0.29, 0.717) is 32.9 Å². The van der Waals surface area contributed by atoms with E-state index in [4.69, 9.17) is 22.1 Å². The van der Waals surface area contributed by atoms with Crippen LogP contribution in [0.1, 0.15) is 10.4 Å². The number of rotatable bonds is 4. The summed E-state index contributed by atoms with van der Waals surface area (Å²) in [7, 11) is 0. The lowest BCUT2D eigenvalue weighted by Gasteiger charge is -2.10. The number of nitrogens with one attached hydrogen (secondary N) is 1. The number of halogens is 1. The molecule has 0 radical (unpaired) electrons. The molecule has 1 heterocycles. The van der Waals surface area contributed by atoms with Gasteiger partial charge in [0.15, 0.2) is 5.57 Å². The van der Waals surface area contributed by atoms with Crippen molar-refractivity contribution in [3.05, 3.63) is 70.4 Å². The van der Waals surface area contributed by atoms with Crippen molar-refractivity contribution in [1.82, 2.24) is 4.98 Å². The quantitative estimate of drug-likeness (QED) is 0.617. The highest BCUT2D eigenvalue weighted by molar-refractivity contribution is 6.31. The Morgan fingerprint density at radius 1 is 1.03 bits per heavy atom. The Bertz CT molecular complexity index is 1290. The number of pyridine rings is 1. The van der Waals surface area contributed by atoms with Gasteiger partial charge in [0.25, 0.3) is 0 Å². The first-order valence-electron chi connectivity index (χ1n) is 8.12. The number of carbonyl (C=O) groups is 1. The molecule has 0 amide bonds. The molecule has 2 N–H and O–H groups in total. The first-order chi connectivity index (χ1) is 14.0. The van der Waals surface area contributed by atoms with Gasteiger partial charge in [0.2, 0.25) is 0 Å². The fourth-order valence-corrected chi connectivity index (χ4v) is 2.88. The normalized spacial score (nSPS) is 9.72. The first kappa shape index (κ1) is 19.4. The standard InChI is InChI=1S/C21H10ClN5O2/c22-14-4-5-18-16(7-14)17(21(28)29)8-19(27-18)12-2-1-3-15(6-12)26-20(11-25)13(9-23)10-24/h1-8,26H,(H,28,29). The van der Waals surface area contributed by atoms with E-state index in [2.05, 4.69) is 10.3 Å². The van der Waals surface area contributed by atoms with Crippen molar-refractivity contribution in [2.45, 2.75) is 0 Å². The molecule has 0 saturated carbocycles. The SMILES string of the molecule is N#CC(C#N)=C(C#N)Nc1cccc(-c2cc(C(=O)O)c3cc(Cl)ccc3n2)c1. The molecule has 0 bridgehead atoms. The lowest BCUT2D eigenvalue weighted by Crippen LogP contribution is -2.02. The van der Waals surface area contributed by atoms with Gasteiger partial charge in [-0.25, -0.2) is 9.78 Å². The average Bonchev–Trinajstić information content (AvgIpc) is 2.73. The minimum Gasteiger partial charge on any atom is -0.478 e. The lowest BCUT2D eigenvalue weighted by atomic mass is 10.0. The van der Waals surface area contributed by atoms with Crippen molar-refractivity contribution in [3.63, 3.8) is 0 Å². The van der Waals surface area contributed by atoms with Crippen LogP contribution in [0.4, 0.5) is 5.69 Å². The van der Waals surface area contributed by atoms with E-state index >= 15 is 0 Å². The maximum atomic E-state index is 11.7. The van der Waals surface area contributed by atoms with Crippen LogP contribution in [0.25, 0.3) is 22.2 Å². The molecule has 0 atom stereocenters. The smallest absolute Gasteiger partial charge is 0.336 e. The van der Waals surface area contributed by atoms with Crippen molar-refractivity contribution in [1.29, 1.82) is 15.8 Å². The van der Waals surface area contributed by atoms with E-state index in [1.54, 1.807) is 60.7 Å². The second-order valence-electron chi connectivity index (χ2n) is 5.81. The topological polar surface area (TPSA) is 134 Å². The van der Waals surface area contributed by atoms with Gasteiger partial charge in [0.05, 0.1) is 16.8 Å². The van der Waals surface area contributed by atoms with Gasteiger partial charge in [0, 0.05) is 21.7 Å². The molecule has 1 aromatic heterocycles. The third-order valence-corrected chi connectivity index (χ3v) is 4.25. The number of nitrogens with zero attached hydrogens (tertiary/aromatic N) is 4. The van der Waals surface area contributed by atoms with Crippen LogP contribution < -0.4 is 5.32 Å². The molecule has 29 heavy (non-hydrogen) atoms. The summed E-state index contributed by atoms with van der Waals surface area (Å²) in [6.07, 6.45) is 0. The van der Waals surface area contributed by atoms with Gasteiger partial charge in [-0.05, 0) is 36.4 Å². The largest absolute Gasteiger partial charge is 0.478 e. The third-order valence-electron chi connectivity index (χ3n) is 4.01. The molecule has 138 valence electrons. The molecule has 3 rings (SSSR count). The monoisotopic (exact) mass is 399 g/mol. The summed E-state index contributed by atoms with van der Waals surface area (Å²) >= 11 is 5.98.